The van der Waals surface area contributed by atoms with Crippen LogP contribution in [0.4, 0.5) is 14.6 Å². The molecule has 3 rings (SSSR count). The third-order valence-electron chi connectivity index (χ3n) is 5.26. The standard InChI is InChI=1S/C24H37N5O5S/c1-14(2)17(26-21(31)33-23(3,4)5)19-25-15-13-16(35-18(15)20(30)27-19)28-9-11-29(12-10-28)22(32)34-24(6,7)8/h13-14,17H,9-12H2,1-8H3,(H,26,31)(H,25,27,30). The molecule has 1 aliphatic heterocycles. The van der Waals surface area contributed by atoms with E-state index in [0.717, 1.165) is 5.00 Å². The van der Waals surface area contributed by atoms with E-state index in [1.807, 2.05) is 40.7 Å². The van der Waals surface area contributed by atoms with E-state index in [2.05, 4.69) is 20.2 Å². The van der Waals surface area contributed by atoms with Gasteiger partial charge in [0.15, 0.2) is 0 Å². The number of ether oxygens (including phenoxy) is 2. The molecular formula is C24H37N5O5S. The van der Waals surface area contributed by atoms with Gasteiger partial charge < -0.3 is 29.6 Å². The molecule has 0 aromatic carbocycles. The van der Waals surface area contributed by atoms with Crippen molar-refractivity contribution in [1.82, 2.24) is 20.2 Å². The fourth-order valence-corrected chi connectivity index (χ4v) is 4.71. The second-order valence-electron chi connectivity index (χ2n) is 11.1. The number of nitrogens with one attached hydrogen (secondary N) is 2. The number of hydrogen-bond acceptors (Lipinski definition) is 8. The monoisotopic (exact) mass is 507 g/mol. The number of nitrogens with zero attached hydrogens (tertiary/aromatic N) is 3. The van der Waals surface area contributed by atoms with Gasteiger partial charge in [-0.3, -0.25) is 4.79 Å². The minimum atomic E-state index is -0.633. The van der Waals surface area contributed by atoms with E-state index in [4.69, 9.17) is 9.47 Å². The average molecular weight is 508 g/mol. The third-order valence-corrected chi connectivity index (χ3v) is 6.45. The van der Waals surface area contributed by atoms with Gasteiger partial charge in [0.25, 0.3) is 5.56 Å². The molecule has 3 heterocycles. The molecule has 1 atom stereocenters. The molecule has 2 aromatic heterocycles. The molecule has 194 valence electrons. The van der Waals surface area contributed by atoms with Crippen molar-refractivity contribution < 1.29 is 19.1 Å². The highest BCUT2D eigenvalue weighted by Gasteiger charge is 2.28. The molecule has 1 unspecified atom stereocenters. The molecule has 10 nitrogen and oxygen atoms in total. The van der Waals surface area contributed by atoms with Crippen molar-refractivity contribution in [1.29, 1.82) is 0 Å². The minimum absolute atomic E-state index is 0.0258. The Labute approximate surface area is 210 Å². The summed E-state index contributed by atoms with van der Waals surface area (Å²) in [6.07, 6.45) is -0.874. The number of alkyl carbamates (subject to hydrolysis) is 1. The third kappa shape index (κ3) is 7.09. The lowest BCUT2D eigenvalue weighted by Gasteiger charge is -2.36. The molecular weight excluding hydrogens is 470 g/mol. The Hall–Kier alpha value is -2.82. The maximum atomic E-state index is 12.9. The molecule has 35 heavy (non-hydrogen) atoms. The quantitative estimate of drug-likeness (QED) is 0.635. The lowest BCUT2D eigenvalue weighted by atomic mass is 10.0. The number of aromatic nitrogens is 2. The average Bonchev–Trinajstić information content (AvgIpc) is 3.14. The van der Waals surface area contributed by atoms with E-state index in [1.54, 1.807) is 25.7 Å². The van der Waals surface area contributed by atoms with Crippen LogP contribution in [-0.4, -0.2) is 64.4 Å². The first-order chi connectivity index (χ1) is 16.1. The first kappa shape index (κ1) is 26.8. The van der Waals surface area contributed by atoms with Crippen LogP contribution >= 0.6 is 11.3 Å². The van der Waals surface area contributed by atoms with Crippen LogP contribution in [0.5, 0.6) is 0 Å². The van der Waals surface area contributed by atoms with E-state index < -0.39 is 23.3 Å². The first-order valence-corrected chi connectivity index (χ1v) is 12.7. The first-order valence-electron chi connectivity index (χ1n) is 11.9. The summed E-state index contributed by atoms with van der Waals surface area (Å²) in [6.45, 7) is 17.1. The van der Waals surface area contributed by atoms with Gasteiger partial charge in [-0.05, 0) is 53.5 Å². The van der Waals surface area contributed by atoms with Crippen molar-refractivity contribution in [3.8, 4) is 0 Å². The summed E-state index contributed by atoms with van der Waals surface area (Å²) in [4.78, 5) is 49.0. The number of aromatic amines is 1. The molecule has 1 saturated heterocycles. The zero-order chi connectivity index (χ0) is 26.1. The molecule has 1 fully saturated rings. The van der Waals surface area contributed by atoms with Crippen molar-refractivity contribution in [3.63, 3.8) is 0 Å². The Bertz CT molecular complexity index is 1120. The van der Waals surface area contributed by atoms with E-state index >= 15 is 0 Å². The summed E-state index contributed by atoms with van der Waals surface area (Å²) >= 11 is 1.37. The summed E-state index contributed by atoms with van der Waals surface area (Å²) < 4.78 is 11.4. The van der Waals surface area contributed by atoms with Crippen LogP contribution in [0, 0.1) is 5.92 Å². The normalized spacial score (nSPS) is 15.9. The Balaban J connectivity index is 1.76. The highest BCUT2D eigenvalue weighted by molar-refractivity contribution is 7.22. The van der Waals surface area contributed by atoms with Gasteiger partial charge in [-0.1, -0.05) is 13.8 Å². The summed E-state index contributed by atoms with van der Waals surface area (Å²) in [5, 5.41) is 3.75. The fraction of sp³-hybridized carbons (Fsp3) is 0.667. The Morgan fingerprint density at radius 3 is 2.20 bits per heavy atom. The number of anilines is 1. The van der Waals surface area contributed by atoms with Crippen LogP contribution < -0.4 is 15.8 Å². The van der Waals surface area contributed by atoms with E-state index in [9.17, 15) is 14.4 Å². The molecule has 0 aliphatic carbocycles. The Morgan fingerprint density at radius 2 is 1.66 bits per heavy atom. The van der Waals surface area contributed by atoms with Crippen LogP contribution in [0.25, 0.3) is 10.2 Å². The van der Waals surface area contributed by atoms with Crippen LogP contribution in [0.15, 0.2) is 10.9 Å². The number of carbonyl (C=O) groups is 2. The van der Waals surface area contributed by atoms with Crippen molar-refractivity contribution >= 4 is 38.7 Å². The van der Waals surface area contributed by atoms with Crippen LogP contribution in [0.1, 0.15) is 67.3 Å². The predicted molar refractivity (Wildman–Crippen MR) is 137 cm³/mol. The largest absolute Gasteiger partial charge is 0.444 e. The second-order valence-corrected chi connectivity index (χ2v) is 12.1. The molecule has 0 spiro atoms. The minimum Gasteiger partial charge on any atom is -0.444 e. The summed E-state index contributed by atoms with van der Waals surface area (Å²) in [5.74, 6) is 0.365. The molecule has 2 amide bonds. The highest BCUT2D eigenvalue weighted by Crippen LogP contribution is 2.31. The molecule has 0 bridgehead atoms. The number of carbonyl (C=O) groups excluding carboxylic acids is 2. The van der Waals surface area contributed by atoms with Gasteiger partial charge in [-0.15, -0.1) is 11.3 Å². The number of amides is 2. The second kappa shape index (κ2) is 10.0. The topological polar surface area (TPSA) is 117 Å². The summed E-state index contributed by atoms with van der Waals surface area (Å²) in [7, 11) is 0. The molecule has 11 heteroatoms. The highest BCUT2D eigenvalue weighted by atomic mass is 32.1. The van der Waals surface area contributed by atoms with Crippen molar-refractivity contribution in [2.75, 3.05) is 31.1 Å². The molecule has 2 aromatic rings. The van der Waals surface area contributed by atoms with Crippen molar-refractivity contribution in [3.05, 3.63) is 22.2 Å². The lowest BCUT2D eigenvalue weighted by Crippen LogP contribution is -2.49. The van der Waals surface area contributed by atoms with E-state index in [1.165, 1.54) is 11.3 Å². The fourth-order valence-electron chi connectivity index (χ4n) is 3.67. The SMILES string of the molecule is CC(C)C(NC(=O)OC(C)(C)C)c1nc2cc(N3CCN(C(=O)OC(C)(C)C)CC3)sc2c(=O)[nH]1. The number of rotatable bonds is 4. The van der Waals surface area contributed by atoms with Crippen LogP contribution in [-0.2, 0) is 9.47 Å². The molecule has 2 N–H and O–H groups in total. The lowest BCUT2D eigenvalue weighted by molar-refractivity contribution is 0.0240. The number of H-pyrrole nitrogens is 1. The molecule has 0 saturated carbocycles. The number of fused-ring (bicyclic) bond motifs is 1. The van der Waals surface area contributed by atoms with Crippen molar-refractivity contribution in [2.45, 2.75) is 72.6 Å². The van der Waals surface area contributed by atoms with Crippen LogP contribution in [0.2, 0.25) is 0 Å². The zero-order valence-corrected chi connectivity index (χ0v) is 22.7. The van der Waals surface area contributed by atoms with Gasteiger partial charge in [0.1, 0.15) is 21.7 Å². The van der Waals surface area contributed by atoms with Gasteiger partial charge in [0.2, 0.25) is 0 Å². The van der Waals surface area contributed by atoms with Gasteiger partial charge in [0, 0.05) is 26.2 Å². The smallest absolute Gasteiger partial charge is 0.410 e. The number of piperazine rings is 1. The predicted octanol–water partition coefficient (Wildman–Crippen LogP) is 4.26. The maximum Gasteiger partial charge on any atom is 0.410 e. The molecule has 0 radical (unpaired) electrons. The van der Waals surface area contributed by atoms with Gasteiger partial charge >= 0.3 is 12.2 Å². The van der Waals surface area contributed by atoms with E-state index in [0.29, 0.717) is 42.2 Å². The maximum absolute atomic E-state index is 12.9. The van der Waals surface area contributed by atoms with Gasteiger partial charge in [0.05, 0.1) is 16.6 Å². The zero-order valence-electron chi connectivity index (χ0n) is 21.9. The Morgan fingerprint density at radius 1 is 1.06 bits per heavy atom. The van der Waals surface area contributed by atoms with Crippen molar-refractivity contribution in [2.24, 2.45) is 5.92 Å². The number of thiophene rings is 1. The summed E-state index contributed by atoms with van der Waals surface area (Å²) in [6, 6.07) is 1.38. The summed E-state index contributed by atoms with van der Waals surface area (Å²) in [5.41, 5.74) is -0.831. The Kier molecular flexibility index (Phi) is 7.68. The van der Waals surface area contributed by atoms with E-state index in [-0.39, 0.29) is 17.6 Å². The van der Waals surface area contributed by atoms with Crippen LogP contribution in [0.3, 0.4) is 0 Å². The van der Waals surface area contributed by atoms with Gasteiger partial charge in [-0.2, -0.15) is 0 Å². The molecule has 1 aliphatic rings. The van der Waals surface area contributed by atoms with Gasteiger partial charge in [-0.25, -0.2) is 14.6 Å². The number of hydrogen-bond donors (Lipinski definition) is 2.